The van der Waals surface area contributed by atoms with E-state index in [1.54, 1.807) is 37.1 Å². The molecule has 2 aromatic heterocycles. The maximum Gasteiger partial charge on any atom is 0.251 e. The third-order valence-corrected chi connectivity index (χ3v) is 3.19. The number of nitrogens with one attached hydrogen (secondary N) is 1. The Labute approximate surface area is 127 Å². The van der Waals surface area contributed by atoms with Gasteiger partial charge in [0.15, 0.2) is 0 Å². The van der Waals surface area contributed by atoms with Gasteiger partial charge in [-0.2, -0.15) is 10.2 Å². The van der Waals surface area contributed by atoms with Gasteiger partial charge in [-0.3, -0.25) is 9.48 Å². The van der Waals surface area contributed by atoms with E-state index in [4.69, 9.17) is 16.3 Å². The van der Waals surface area contributed by atoms with Crippen LogP contribution in [-0.2, 0) is 21.8 Å². The van der Waals surface area contributed by atoms with Gasteiger partial charge in [0, 0.05) is 12.8 Å². The van der Waals surface area contributed by atoms with Crippen molar-refractivity contribution in [1.29, 1.82) is 0 Å². The Morgan fingerprint density at radius 1 is 1.38 bits per heavy atom. The monoisotopic (exact) mass is 311 g/mol. The van der Waals surface area contributed by atoms with E-state index in [0.717, 1.165) is 0 Å². The fourth-order valence-electron chi connectivity index (χ4n) is 1.68. The zero-order valence-electron chi connectivity index (χ0n) is 12.2. The number of halogens is 1. The summed E-state index contributed by atoms with van der Waals surface area (Å²) in [5.74, 6) is -0.210. The molecule has 2 rings (SSSR count). The molecule has 0 bridgehead atoms. The summed E-state index contributed by atoms with van der Waals surface area (Å²) in [4.78, 5) is 12.4. The second-order valence-electron chi connectivity index (χ2n) is 5.01. The van der Waals surface area contributed by atoms with Crippen molar-refractivity contribution >= 4 is 23.2 Å². The minimum Gasteiger partial charge on any atom is -0.360 e. The molecule has 0 aliphatic heterocycles. The van der Waals surface area contributed by atoms with Crippen molar-refractivity contribution in [3.05, 3.63) is 29.8 Å². The molecule has 1 N–H and O–H groups in total. The Hall–Kier alpha value is -1.86. The smallest absolute Gasteiger partial charge is 0.251 e. The second-order valence-corrected chi connectivity index (χ2v) is 5.44. The summed E-state index contributed by atoms with van der Waals surface area (Å²) in [7, 11) is 0. The molecule has 7 nitrogen and oxygen atoms in total. The van der Waals surface area contributed by atoms with Gasteiger partial charge < -0.3 is 10.1 Å². The molecule has 114 valence electrons. The maximum absolute atomic E-state index is 12.4. The van der Waals surface area contributed by atoms with Gasteiger partial charge in [0.25, 0.3) is 5.91 Å². The number of ether oxygens (including phenoxy) is 1. The maximum atomic E-state index is 12.4. The topological polar surface area (TPSA) is 74.0 Å². The summed E-state index contributed by atoms with van der Waals surface area (Å²) < 4.78 is 8.37. The molecule has 0 fully saturated rings. The van der Waals surface area contributed by atoms with Crippen LogP contribution in [0.3, 0.4) is 0 Å². The zero-order chi connectivity index (χ0) is 15.5. The molecular formula is C13H18ClN5O2. The average molecular weight is 312 g/mol. The van der Waals surface area contributed by atoms with Crippen LogP contribution in [0.15, 0.2) is 24.8 Å². The van der Waals surface area contributed by atoms with Crippen molar-refractivity contribution in [3.63, 3.8) is 0 Å². The van der Waals surface area contributed by atoms with Gasteiger partial charge in [-0.25, -0.2) is 4.68 Å². The van der Waals surface area contributed by atoms with E-state index >= 15 is 0 Å². The number of amides is 1. The largest absolute Gasteiger partial charge is 0.360 e. The molecule has 0 aromatic carbocycles. The van der Waals surface area contributed by atoms with Crippen LogP contribution in [0, 0.1) is 0 Å². The number of anilines is 1. The summed E-state index contributed by atoms with van der Waals surface area (Å²) in [6, 6.07) is 0. The van der Waals surface area contributed by atoms with Crippen LogP contribution in [0.5, 0.6) is 0 Å². The van der Waals surface area contributed by atoms with Gasteiger partial charge in [0.05, 0.1) is 29.3 Å². The predicted molar refractivity (Wildman–Crippen MR) is 79.0 cm³/mol. The van der Waals surface area contributed by atoms with Gasteiger partial charge in [0.2, 0.25) is 0 Å². The van der Waals surface area contributed by atoms with E-state index < -0.39 is 5.54 Å². The second kappa shape index (κ2) is 6.28. The lowest BCUT2D eigenvalue weighted by Gasteiger charge is -2.23. The molecule has 0 saturated carbocycles. The molecule has 0 atom stereocenters. The number of aromatic nitrogens is 4. The fourth-order valence-corrected chi connectivity index (χ4v) is 1.81. The standard InChI is InChI=1S/C13H18ClN5O2/c1-4-21-9-18-8-11(6-15-18)17-12(20)13(2,3)19-7-10(14)5-16-19/h5-8H,4,9H2,1-3H3,(H,17,20). The summed E-state index contributed by atoms with van der Waals surface area (Å²) >= 11 is 5.84. The Balaban J connectivity index is 2.05. The van der Waals surface area contributed by atoms with Crippen molar-refractivity contribution in [2.45, 2.75) is 33.0 Å². The molecule has 2 aromatic rings. The Kier molecular flexibility index (Phi) is 4.64. The zero-order valence-corrected chi connectivity index (χ0v) is 13.0. The minimum atomic E-state index is -0.866. The van der Waals surface area contributed by atoms with Crippen molar-refractivity contribution in [2.75, 3.05) is 11.9 Å². The summed E-state index contributed by atoms with van der Waals surface area (Å²) in [5.41, 5.74) is -0.263. The third-order valence-electron chi connectivity index (χ3n) is 3.00. The number of carbonyl (C=O) groups excluding carboxylic acids is 1. The highest BCUT2D eigenvalue weighted by molar-refractivity contribution is 6.30. The molecule has 0 aliphatic rings. The molecule has 0 saturated heterocycles. The van der Waals surface area contributed by atoms with Crippen molar-refractivity contribution < 1.29 is 9.53 Å². The first-order valence-electron chi connectivity index (χ1n) is 6.55. The highest BCUT2D eigenvalue weighted by atomic mass is 35.5. The number of carbonyl (C=O) groups is 1. The van der Waals surface area contributed by atoms with Crippen LogP contribution < -0.4 is 5.32 Å². The summed E-state index contributed by atoms with van der Waals surface area (Å²) in [6.45, 7) is 6.38. The highest BCUT2D eigenvalue weighted by Gasteiger charge is 2.31. The molecule has 0 unspecified atom stereocenters. The molecule has 0 radical (unpaired) electrons. The first-order valence-corrected chi connectivity index (χ1v) is 6.93. The van der Waals surface area contributed by atoms with Gasteiger partial charge in [-0.1, -0.05) is 11.6 Å². The summed E-state index contributed by atoms with van der Waals surface area (Å²) in [5, 5.41) is 11.5. The lowest BCUT2D eigenvalue weighted by atomic mass is 10.1. The van der Waals surface area contributed by atoms with E-state index in [2.05, 4.69) is 15.5 Å². The van der Waals surface area contributed by atoms with Gasteiger partial charge in [0.1, 0.15) is 12.3 Å². The van der Waals surface area contributed by atoms with E-state index in [9.17, 15) is 4.79 Å². The minimum absolute atomic E-state index is 0.210. The molecule has 8 heteroatoms. The first kappa shape index (κ1) is 15.5. The van der Waals surface area contributed by atoms with E-state index in [1.165, 1.54) is 10.9 Å². The summed E-state index contributed by atoms with van der Waals surface area (Å²) in [6.07, 6.45) is 6.39. The van der Waals surface area contributed by atoms with E-state index in [1.807, 2.05) is 6.92 Å². The molecule has 21 heavy (non-hydrogen) atoms. The van der Waals surface area contributed by atoms with Crippen LogP contribution in [0.4, 0.5) is 5.69 Å². The fraction of sp³-hybridized carbons (Fsp3) is 0.462. The lowest BCUT2D eigenvalue weighted by Crippen LogP contribution is -2.40. The molecule has 0 spiro atoms. The van der Waals surface area contributed by atoms with Crippen LogP contribution in [-0.4, -0.2) is 32.1 Å². The van der Waals surface area contributed by atoms with Crippen molar-refractivity contribution in [3.8, 4) is 0 Å². The van der Waals surface area contributed by atoms with Gasteiger partial charge in [-0.15, -0.1) is 0 Å². The van der Waals surface area contributed by atoms with Crippen LogP contribution >= 0.6 is 11.6 Å². The Morgan fingerprint density at radius 2 is 2.14 bits per heavy atom. The predicted octanol–water partition coefficient (Wildman–Crippen LogP) is 2.10. The van der Waals surface area contributed by atoms with Crippen LogP contribution in [0.25, 0.3) is 0 Å². The van der Waals surface area contributed by atoms with E-state index in [-0.39, 0.29) is 5.91 Å². The van der Waals surface area contributed by atoms with Crippen LogP contribution in [0.2, 0.25) is 5.02 Å². The molecule has 0 aliphatic carbocycles. The number of hydrogen-bond donors (Lipinski definition) is 1. The van der Waals surface area contributed by atoms with Crippen molar-refractivity contribution in [1.82, 2.24) is 19.6 Å². The number of hydrogen-bond acceptors (Lipinski definition) is 4. The van der Waals surface area contributed by atoms with E-state index in [0.29, 0.717) is 24.0 Å². The molecular weight excluding hydrogens is 294 g/mol. The normalized spacial score (nSPS) is 11.6. The average Bonchev–Trinajstić information content (AvgIpc) is 3.05. The SMILES string of the molecule is CCOCn1cc(NC(=O)C(C)(C)n2cc(Cl)cn2)cn1. The molecule has 1 amide bonds. The highest BCUT2D eigenvalue weighted by Crippen LogP contribution is 2.19. The molecule has 2 heterocycles. The lowest BCUT2D eigenvalue weighted by molar-refractivity contribution is -0.123. The van der Waals surface area contributed by atoms with Gasteiger partial charge >= 0.3 is 0 Å². The third kappa shape index (κ3) is 3.62. The first-order chi connectivity index (χ1) is 9.93. The number of rotatable bonds is 6. The van der Waals surface area contributed by atoms with Gasteiger partial charge in [-0.05, 0) is 20.8 Å². The van der Waals surface area contributed by atoms with Crippen molar-refractivity contribution in [2.24, 2.45) is 0 Å². The Bertz CT molecular complexity index is 620. The quantitative estimate of drug-likeness (QED) is 0.886. The Morgan fingerprint density at radius 3 is 2.76 bits per heavy atom. The number of nitrogens with zero attached hydrogens (tertiary/aromatic N) is 4. The van der Waals surface area contributed by atoms with Crippen LogP contribution in [0.1, 0.15) is 20.8 Å².